The summed E-state index contributed by atoms with van der Waals surface area (Å²) in [6.07, 6.45) is 1.48. The molecule has 0 radical (unpaired) electrons. The molecular formula is C21H22N4O3S. The van der Waals surface area contributed by atoms with Gasteiger partial charge in [-0.25, -0.2) is 13.4 Å². The fourth-order valence-electron chi connectivity index (χ4n) is 3.58. The Morgan fingerprint density at radius 2 is 1.66 bits per heavy atom. The van der Waals surface area contributed by atoms with Gasteiger partial charge in [-0.15, -0.1) is 0 Å². The topological polar surface area (TPSA) is 83.5 Å². The molecule has 4 rings (SSSR count). The van der Waals surface area contributed by atoms with Gasteiger partial charge in [0, 0.05) is 26.2 Å². The second-order valence-electron chi connectivity index (χ2n) is 7.21. The van der Waals surface area contributed by atoms with E-state index in [-0.39, 0.29) is 24.7 Å². The highest BCUT2D eigenvalue weighted by Gasteiger charge is 2.31. The average Bonchev–Trinajstić information content (AvgIpc) is 2.72. The molecule has 8 heteroatoms. The van der Waals surface area contributed by atoms with Crippen molar-refractivity contribution in [2.75, 3.05) is 26.2 Å². The minimum absolute atomic E-state index is 0.230. The standard InChI is InChI=1S/C21H22N4O3S/c1-15-7-8-20(16(2)13-15)29(27,28)25-11-9-24(10-12-25)21(26)19-14-22-17-5-3-4-6-18(17)23-19/h3-8,13-14H,9-12H2,1-2H3. The van der Waals surface area contributed by atoms with E-state index in [0.29, 0.717) is 23.5 Å². The zero-order chi connectivity index (χ0) is 20.6. The molecule has 1 aliphatic rings. The number of hydrogen-bond donors (Lipinski definition) is 0. The number of para-hydroxylation sites is 2. The zero-order valence-electron chi connectivity index (χ0n) is 16.4. The van der Waals surface area contributed by atoms with E-state index in [1.165, 1.54) is 10.5 Å². The van der Waals surface area contributed by atoms with Gasteiger partial charge >= 0.3 is 0 Å². The second-order valence-corrected chi connectivity index (χ2v) is 9.12. The first-order valence-electron chi connectivity index (χ1n) is 9.45. The number of piperazine rings is 1. The lowest BCUT2D eigenvalue weighted by Gasteiger charge is -2.34. The maximum absolute atomic E-state index is 13.0. The van der Waals surface area contributed by atoms with Crippen molar-refractivity contribution in [2.24, 2.45) is 0 Å². The zero-order valence-corrected chi connectivity index (χ0v) is 17.2. The van der Waals surface area contributed by atoms with Crippen LogP contribution in [0.15, 0.2) is 53.6 Å². The van der Waals surface area contributed by atoms with Crippen LogP contribution in [0.1, 0.15) is 21.6 Å². The molecule has 0 aliphatic carbocycles. The molecule has 0 atom stereocenters. The van der Waals surface area contributed by atoms with Crippen LogP contribution >= 0.6 is 0 Å². The highest BCUT2D eigenvalue weighted by molar-refractivity contribution is 7.89. The number of nitrogens with zero attached hydrogens (tertiary/aromatic N) is 4. The van der Waals surface area contributed by atoms with Crippen LogP contribution in [-0.2, 0) is 10.0 Å². The first-order chi connectivity index (χ1) is 13.9. The number of rotatable bonds is 3. The molecular weight excluding hydrogens is 388 g/mol. The molecule has 0 N–H and O–H groups in total. The summed E-state index contributed by atoms with van der Waals surface area (Å²) >= 11 is 0. The smallest absolute Gasteiger partial charge is 0.274 e. The van der Waals surface area contributed by atoms with Crippen LogP contribution in [0.4, 0.5) is 0 Å². The molecule has 2 aromatic carbocycles. The number of carbonyl (C=O) groups excluding carboxylic acids is 1. The number of amides is 1. The van der Waals surface area contributed by atoms with Crippen molar-refractivity contribution in [1.82, 2.24) is 19.2 Å². The first-order valence-corrected chi connectivity index (χ1v) is 10.9. The summed E-state index contributed by atoms with van der Waals surface area (Å²) in [4.78, 5) is 23.5. The molecule has 0 bridgehead atoms. The van der Waals surface area contributed by atoms with Crippen molar-refractivity contribution >= 4 is 27.0 Å². The number of carbonyl (C=O) groups is 1. The first kappa shape index (κ1) is 19.5. The third-order valence-corrected chi connectivity index (χ3v) is 7.20. The molecule has 1 amide bonds. The van der Waals surface area contributed by atoms with Crippen molar-refractivity contribution in [3.05, 3.63) is 65.5 Å². The van der Waals surface area contributed by atoms with Gasteiger partial charge in [0.05, 0.1) is 22.1 Å². The van der Waals surface area contributed by atoms with E-state index in [1.807, 2.05) is 37.3 Å². The number of aryl methyl sites for hydroxylation is 2. The van der Waals surface area contributed by atoms with Crippen molar-refractivity contribution in [3.63, 3.8) is 0 Å². The fourth-order valence-corrected chi connectivity index (χ4v) is 5.21. The van der Waals surface area contributed by atoms with E-state index < -0.39 is 10.0 Å². The van der Waals surface area contributed by atoms with E-state index >= 15 is 0 Å². The lowest BCUT2D eigenvalue weighted by Crippen LogP contribution is -2.50. The van der Waals surface area contributed by atoms with Crippen molar-refractivity contribution in [1.29, 1.82) is 0 Å². The lowest BCUT2D eigenvalue weighted by molar-refractivity contribution is 0.0692. The van der Waals surface area contributed by atoms with Gasteiger partial charge in [0.2, 0.25) is 10.0 Å². The largest absolute Gasteiger partial charge is 0.335 e. The molecule has 2 heterocycles. The van der Waals surface area contributed by atoms with Crippen LogP contribution in [0.3, 0.4) is 0 Å². The predicted molar refractivity (Wildman–Crippen MR) is 110 cm³/mol. The molecule has 1 fully saturated rings. The Morgan fingerprint density at radius 1 is 0.966 bits per heavy atom. The highest BCUT2D eigenvalue weighted by Crippen LogP contribution is 2.22. The van der Waals surface area contributed by atoms with Gasteiger partial charge in [-0.05, 0) is 37.6 Å². The third kappa shape index (κ3) is 3.73. The monoisotopic (exact) mass is 410 g/mol. The summed E-state index contributed by atoms with van der Waals surface area (Å²) in [5, 5.41) is 0. The maximum Gasteiger partial charge on any atom is 0.274 e. The van der Waals surface area contributed by atoms with Gasteiger partial charge in [0.25, 0.3) is 5.91 Å². The number of sulfonamides is 1. The van der Waals surface area contributed by atoms with Crippen LogP contribution in [-0.4, -0.2) is 59.7 Å². The Balaban J connectivity index is 1.49. The Hall–Kier alpha value is -2.84. The van der Waals surface area contributed by atoms with Crippen LogP contribution < -0.4 is 0 Å². The van der Waals surface area contributed by atoms with E-state index in [0.717, 1.165) is 16.6 Å². The summed E-state index contributed by atoms with van der Waals surface area (Å²) in [7, 11) is -3.58. The van der Waals surface area contributed by atoms with Gasteiger partial charge in [-0.1, -0.05) is 29.8 Å². The molecule has 0 spiro atoms. The SMILES string of the molecule is Cc1ccc(S(=O)(=O)N2CCN(C(=O)c3cnc4ccccc4n3)CC2)c(C)c1. The van der Waals surface area contributed by atoms with Crippen molar-refractivity contribution in [2.45, 2.75) is 18.7 Å². The van der Waals surface area contributed by atoms with Gasteiger partial charge in [0.15, 0.2) is 0 Å². The number of hydrogen-bond acceptors (Lipinski definition) is 5. The molecule has 29 heavy (non-hydrogen) atoms. The molecule has 1 aromatic heterocycles. The summed E-state index contributed by atoms with van der Waals surface area (Å²) in [5.74, 6) is -0.230. The minimum atomic E-state index is -3.58. The Bertz CT molecular complexity index is 1190. The van der Waals surface area contributed by atoms with Gasteiger partial charge in [-0.2, -0.15) is 4.31 Å². The van der Waals surface area contributed by atoms with Crippen LogP contribution in [0.5, 0.6) is 0 Å². The number of aromatic nitrogens is 2. The summed E-state index contributed by atoms with van der Waals surface area (Å²) < 4.78 is 27.5. The minimum Gasteiger partial charge on any atom is -0.335 e. The number of benzene rings is 2. The summed E-state index contributed by atoms with van der Waals surface area (Å²) in [6, 6.07) is 12.7. The van der Waals surface area contributed by atoms with E-state index in [4.69, 9.17) is 0 Å². The quantitative estimate of drug-likeness (QED) is 0.662. The molecule has 1 saturated heterocycles. The average molecular weight is 410 g/mol. The maximum atomic E-state index is 13.0. The van der Waals surface area contributed by atoms with E-state index in [9.17, 15) is 13.2 Å². The second kappa shape index (κ2) is 7.53. The summed E-state index contributed by atoms with van der Waals surface area (Å²) in [5.41, 5.74) is 3.42. The normalized spacial score (nSPS) is 15.6. The third-order valence-electron chi connectivity index (χ3n) is 5.14. The van der Waals surface area contributed by atoms with Crippen molar-refractivity contribution in [3.8, 4) is 0 Å². The van der Waals surface area contributed by atoms with Crippen LogP contribution in [0.25, 0.3) is 11.0 Å². The highest BCUT2D eigenvalue weighted by atomic mass is 32.2. The molecule has 0 unspecified atom stereocenters. The van der Waals surface area contributed by atoms with E-state index in [2.05, 4.69) is 9.97 Å². The van der Waals surface area contributed by atoms with Crippen molar-refractivity contribution < 1.29 is 13.2 Å². The molecule has 7 nitrogen and oxygen atoms in total. The molecule has 3 aromatic rings. The Kier molecular flexibility index (Phi) is 5.06. The summed E-state index contributed by atoms with van der Waals surface area (Å²) in [6.45, 7) is 4.88. The predicted octanol–water partition coefficient (Wildman–Crippen LogP) is 2.39. The van der Waals surface area contributed by atoms with Gasteiger partial charge in [-0.3, -0.25) is 9.78 Å². The number of fused-ring (bicyclic) bond motifs is 1. The Morgan fingerprint density at radius 3 is 2.34 bits per heavy atom. The molecule has 1 aliphatic heterocycles. The van der Waals surface area contributed by atoms with Crippen LogP contribution in [0, 0.1) is 13.8 Å². The van der Waals surface area contributed by atoms with E-state index in [1.54, 1.807) is 24.0 Å². The van der Waals surface area contributed by atoms with Gasteiger partial charge < -0.3 is 4.90 Å². The molecule has 150 valence electrons. The lowest BCUT2D eigenvalue weighted by atomic mass is 10.2. The Labute approximate surface area is 170 Å². The van der Waals surface area contributed by atoms with Gasteiger partial charge in [0.1, 0.15) is 5.69 Å². The molecule has 0 saturated carbocycles. The van der Waals surface area contributed by atoms with Crippen LogP contribution in [0.2, 0.25) is 0 Å². The fraction of sp³-hybridized carbons (Fsp3) is 0.286.